The van der Waals surface area contributed by atoms with E-state index < -0.39 is 42.0 Å². The lowest BCUT2D eigenvalue weighted by Gasteiger charge is -2.29. The van der Waals surface area contributed by atoms with Gasteiger partial charge in [0.15, 0.2) is 0 Å². The lowest BCUT2D eigenvalue weighted by molar-refractivity contribution is -0.138. The van der Waals surface area contributed by atoms with Crippen LogP contribution < -0.4 is 21.3 Å². The summed E-state index contributed by atoms with van der Waals surface area (Å²) in [5.41, 5.74) is 8.69. The fourth-order valence-corrected chi connectivity index (χ4v) is 12.6. The number of aryl methyl sites for hydroxylation is 2. The summed E-state index contributed by atoms with van der Waals surface area (Å²) < 4.78 is 0.869. The molecule has 4 atom stereocenters. The number of carbonyl (C=O) groups excluding carboxylic acids is 12. The number of piperidine rings is 4. The molecular formula is C68H71BrN8O17. The van der Waals surface area contributed by atoms with Crippen molar-refractivity contribution in [1.82, 2.24) is 40.9 Å². The Kier molecular flexibility index (Phi) is 24.4. The monoisotopic (exact) mass is 1350 g/mol. The zero-order valence-corrected chi connectivity index (χ0v) is 52.9. The number of halogens is 1. The highest BCUT2D eigenvalue weighted by Gasteiger charge is 2.44. The first kappa shape index (κ1) is 70.1. The number of hydrogen-bond donors (Lipinski definition) is 8. The number of rotatable bonds is 14. The van der Waals surface area contributed by atoms with E-state index in [1.807, 2.05) is 30.3 Å². The van der Waals surface area contributed by atoms with Crippen molar-refractivity contribution in [2.24, 2.45) is 0 Å². The van der Waals surface area contributed by atoms with Crippen LogP contribution in [0.1, 0.15) is 170 Å². The van der Waals surface area contributed by atoms with E-state index in [0.29, 0.717) is 99.8 Å². The van der Waals surface area contributed by atoms with Crippen LogP contribution in [0.2, 0.25) is 0 Å². The number of benzene rings is 4. The third-order valence-corrected chi connectivity index (χ3v) is 17.6. The van der Waals surface area contributed by atoms with Crippen LogP contribution in [0.5, 0.6) is 0 Å². The normalized spacial score (nSPS) is 19.9. The molecule has 0 bridgehead atoms. The Balaban J connectivity index is 0.000000157. The smallest absolute Gasteiger partial charge is 0.303 e. The zero-order valence-electron chi connectivity index (χ0n) is 51.3. The number of aliphatic hydroxyl groups excluding tert-OH is 3. The zero-order chi connectivity index (χ0) is 67.8. The van der Waals surface area contributed by atoms with Gasteiger partial charge in [0, 0.05) is 110 Å². The van der Waals surface area contributed by atoms with Crippen LogP contribution in [-0.4, -0.2) is 161 Å². The summed E-state index contributed by atoms with van der Waals surface area (Å²) >= 11 is 3.42. The van der Waals surface area contributed by atoms with Crippen molar-refractivity contribution < 1.29 is 82.8 Å². The number of unbranched alkanes of at least 4 members (excludes halogenated alkanes) is 1. The van der Waals surface area contributed by atoms with Gasteiger partial charge in [-0.1, -0.05) is 64.2 Å². The maximum Gasteiger partial charge on any atom is 0.303 e. The van der Waals surface area contributed by atoms with E-state index in [-0.39, 0.29) is 111 Å². The molecule has 4 aromatic rings. The van der Waals surface area contributed by atoms with E-state index in [1.165, 1.54) is 14.7 Å². The van der Waals surface area contributed by atoms with Crippen molar-refractivity contribution >= 4 is 92.8 Å². The standard InChI is InChI=1S/C17H18N2O5.C17H20N2O4.C17H16N2O4.C13H11BrN2O3.C4H6O/c20-14-8-7-13(16(23)18-14)19-9-12-10(4-2-6-15(21)22)3-1-5-11(12)17(19)24;2*20-9-2-1-4-11-5-3-6-12-13(11)10-19(17(12)23)14-7-8-15(21)18-16(14)22;14-9-3-1-2-7-8(9)6-16(13(7)19)10-4-5-11(17)15-12(10)18;1-2-3-4-5/h1,3,5,13H,2,4,6-9H2,(H,21,22)(H,18,20,23);3,5-6,14,20H,1-2,4,7-10H2,(H,18,21,22);3,5-6,14,20H,2,7-10H2,(H,18,21,22);1-3,10H,4-6H2,(H,15,17,18);1,5H,3-4H2. The number of imide groups is 4. The molecule has 8 aliphatic rings. The summed E-state index contributed by atoms with van der Waals surface area (Å²) in [7, 11) is 0. The molecule has 0 saturated carbocycles. The van der Waals surface area contributed by atoms with Crippen molar-refractivity contribution in [3.8, 4) is 24.2 Å². The van der Waals surface area contributed by atoms with Crippen molar-refractivity contribution in [1.29, 1.82) is 0 Å². The number of amides is 12. The van der Waals surface area contributed by atoms with Gasteiger partial charge in [0.05, 0.1) is 13.2 Å². The Morgan fingerprint density at radius 3 is 1.19 bits per heavy atom. The van der Waals surface area contributed by atoms with Crippen molar-refractivity contribution in [3.63, 3.8) is 0 Å². The Hall–Kier alpha value is -9.73. The van der Waals surface area contributed by atoms with Crippen LogP contribution in [0, 0.1) is 24.2 Å². The molecule has 0 spiro atoms. The number of nitrogens with one attached hydrogen (secondary N) is 4. The second-order valence-electron chi connectivity index (χ2n) is 23.0. The van der Waals surface area contributed by atoms with E-state index in [4.69, 9.17) is 26.8 Å². The predicted molar refractivity (Wildman–Crippen MR) is 337 cm³/mol. The maximum atomic E-state index is 12.6. The van der Waals surface area contributed by atoms with Gasteiger partial charge in [0.1, 0.15) is 24.2 Å². The third-order valence-electron chi connectivity index (χ3n) is 16.9. The molecule has 12 rings (SSSR count). The molecule has 4 aromatic carbocycles. The predicted octanol–water partition coefficient (Wildman–Crippen LogP) is 3.01. The van der Waals surface area contributed by atoms with E-state index in [0.717, 1.165) is 62.7 Å². The van der Waals surface area contributed by atoms with Gasteiger partial charge in [-0.15, -0.1) is 12.3 Å². The van der Waals surface area contributed by atoms with Gasteiger partial charge < -0.3 is 40.0 Å². The molecule has 94 heavy (non-hydrogen) atoms. The summed E-state index contributed by atoms with van der Waals surface area (Å²) in [6, 6.07) is 19.4. The Labute approximate surface area is 549 Å². The first-order valence-corrected chi connectivity index (χ1v) is 31.6. The number of aliphatic carboxylic acids is 1. The van der Waals surface area contributed by atoms with Gasteiger partial charge >= 0.3 is 5.97 Å². The highest BCUT2D eigenvalue weighted by Crippen LogP contribution is 2.35. The Bertz CT molecular complexity index is 3810. The molecule has 25 nitrogen and oxygen atoms in total. The first-order valence-electron chi connectivity index (χ1n) is 30.9. The maximum absolute atomic E-state index is 12.6. The SMILES string of the molecule is C#CCCO.O=C(O)CCCc1cccc2c1CN(C1CCC(=O)NC1=O)C2=O.O=C1CCC(N2Cc3c(Br)cccc3C2=O)C(=O)N1.O=C1CCC(N2Cc3c(C#CCCO)cccc3C2=O)C(=O)N1.O=C1CCC(N2Cc3c(CCCCO)cccc3C2=O)C(=O)N1. The van der Waals surface area contributed by atoms with Crippen molar-refractivity contribution in [2.45, 2.75) is 153 Å². The minimum Gasteiger partial charge on any atom is -0.481 e. The third kappa shape index (κ3) is 16.7. The molecule has 0 aliphatic carbocycles. The Morgan fingerprint density at radius 2 is 0.830 bits per heavy atom. The number of nitrogens with zero attached hydrogens (tertiary/aromatic N) is 4. The lowest BCUT2D eigenvalue weighted by Crippen LogP contribution is -2.52. The van der Waals surface area contributed by atoms with Crippen molar-refractivity contribution in [2.75, 3.05) is 19.8 Å². The molecule has 492 valence electrons. The number of fused-ring (bicyclic) bond motifs is 4. The number of aliphatic hydroxyl groups is 3. The van der Waals surface area contributed by atoms with Crippen molar-refractivity contribution in [3.05, 3.63) is 138 Å². The van der Waals surface area contributed by atoms with Gasteiger partial charge in [-0.3, -0.25) is 83.6 Å². The molecular weight excluding hydrogens is 1280 g/mol. The van der Waals surface area contributed by atoms with Gasteiger partial charge in [-0.25, -0.2) is 0 Å². The highest BCUT2D eigenvalue weighted by atomic mass is 79.9. The first-order chi connectivity index (χ1) is 45.2. The van der Waals surface area contributed by atoms with Gasteiger partial charge in [-0.2, -0.15) is 0 Å². The van der Waals surface area contributed by atoms with Crippen LogP contribution in [0.25, 0.3) is 0 Å². The molecule has 0 radical (unpaired) electrons. The van der Waals surface area contributed by atoms with Crippen LogP contribution in [0.4, 0.5) is 0 Å². The summed E-state index contributed by atoms with van der Waals surface area (Å²) in [5, 5.41) is 43.5. The van der Waals surface area contributed by atoms with Gasteiger partial charge in [0.25, 0.3) is 23.6 Å². The van der Waals surface area contributed by atoms with E-state index >= 15 is 0 Å². The average Bonchev–Trinajstić information content (AvgIpc) is 1.66. The summed E-state index contributed by atoms with van der Waals surface area (Å²) in [6.45, 7) is 1.71. The van der Waals surface area contributed by atoms with E-state index in [9.17, 15) is 62.3 Å². The molecule has 0 aromatic heterocycles. The van der Waals surface area contributed by atoms with Crippen LogP contribution in [0.3, 0.4) is 0 Å². The highest BCUT2D eigenvalue weighted by molar-refractivity contribution is 9.10. The van der Waals surface area contributed by atoms with Crippen LogP contribution in [0.15, 0.2) is 77.3 Å². The number of hydrogen-bond acceptors (Lipinski definition) is 16. The minimum absolute atomic E-state index is 0.0106. The largest absolute Gasteiger partial charge is 0.481 e. The minimum atomic E-state index is -0.844. The summed E-state index contributed by atoms with van der Waals surface area (Å²) in [5.74, 6) is 3.76. The summed E-state index contributed by atoms with van der Waals surface area (Å²) in [6.07, 6.45) is 11.6. The second-order valence-corrected chi connectivity index (χ2v) is 23.8. The van der Waals surface area contributed by atoms with Crippen LogP contribution in [-0.2, 0) is 82.2 Å². The van der Waals surface area contributed by atoms with Crippen LogP contribution >= 0.6 is 15.9 Å². The number of carboxylic acids is 1. The molecule has 26 heteroatoms. The molecule has 4 unspecified atom stereocenters. The molecule has 8 aliphatic heterocycles. The average molecular weight is 1350 g/mol. The molecule has 4 fully saturated rings. The molecule has 4 saturated heterocycles. The summed E-state index contributed by atoms with van der Waals surface area (Å²) in [4.78, 5) is 160. The molecule has 8 heterocycles. The fourth-order valence-electron chi connectivity index (χ4n) is 12.2. The number of carbonyl (C=O) groups is 13. The van der Waals surface area contributed by atoms with E-state index in [1.54, 1.807) is 47.4 Å². The topological polar surface area (TPSA) is 364 Å². The molecule has 8 N–H and O–H groups in total. The van der Waals surface area contributed by atoms with Gasteiger partial charge in [-0.05, 0) is 128 Å². The Morgan fingerprint density at radius 1 is 0.468 bits per heavy atom. The lowest BCUT2D eigenvalue weighted by atomic mass is 9.99. The quantitative estimate of drug-likeness (QED) is 0.0511. The van der Waals surface area contributed by atoms with E-state index in [2.05, 4.69) is 55.0 Å². The molecule has 12 amide bonds. The second kappa shape index (κ2) is 32.7. The fraction of sp³-hybridized carbons (Fsp3) is 0.397. The van der Waals surface area contributed by atoms with Gasteiger partial charge in [0.2, 0.25) is 47.3 Å². The number of terminal acetylenes is 1. The number of carboxylic acid groups (broad SMARTS) is 1.